The van der Waals surface area contributed by atoms with Gasteiger partial charge in [-0.25, -0.2) is 0 Å². The van der Waals surface area contributed by atoms with E-state index in [1.165, 1.54) is 32.6 Å². The summed E-state index contributed by atoms with van der Waals surface area (Å²) in [5, 5.41) is 10.5. The van der Waals surface area contributed by atoms with Gasteiger partial charge in [-0.1, -0.05) is 53.2 Å². The Hall–Kier alpha value is -1.32. The average Bonchev–Trinajstić information content (AvgIpc) is 2.79. The highest BCUT2D eigenvalue weighted by atomic mass is 16.5. The van der Waals surface area contributed by atoms with Crippen molar-refractivity contribution in [1.29, 1.82) is 0 Å². The van der Waals surface area contributed by atoms with Gasteiger partial charge in [0.1, 0.15) is 11.5 Å². The van der Waals surface area contributed by atoms with Gasteiger partial charge < -0.3 is 9.84 Å². The Morgan fingerprint density at radius 2 is 1.61 bits per heavy atom. The predicted molar refractivity (Wildman–Crippen MR) is 142 cm³/mol. The number of rotatable bonds is 2. The lowest BCUT2D eigenvalue weighted by Gasteiger charge is -2.71. The number of ether oxygens (including phenoxy) is 1. The maximum atomic E-state index is 12.9. The lowest BCUT2D eigenvalue weighted by molar-refractivity contribution is -0.223. The van der Waals surface area contributed by atoms with Crippen molar-refractivity contribution >= 4 is 11.9 Å². The second-order valence-electron chi connectivity index (χ2n) is 15.0. The maximum absolute atomic E-state index is 12.9. The molecule has 0 bridgehead atoms. The monoisotopic (exact) mass is 498 g/mol. The third-order valence-corrected chi connectivity index (χ3v) is 13.8. The van der Waals surface area contributed by atoms with Gasteiger partial charge in [0.05, 0.1) is 0 Å². The van der Waals surface area contributed by atoms with E-state index in [1.54, 1.807) is 5.57 Å². The number of allylic oxidation sites excluding steroid dienone is 2. The molecule has 0 radical (unpaired) electrons. The summed E-state index contributed by atoms with van der Waals surface area (Å²) in [4.78, 5) is 24.8. The number of aliphatic carboxylic acids is 1. The zero-order chi connectivity index (χ0) is 26.5. The summed E-state index contributed by atoms with van der Waals surface area (Å²) in [6, 6.07) is 0. The van der Waals surface area contributed by atoms with Crippen LogP contribution in [0.5, 0.6) is 0 Å². The number of hydrogen-bond acceptors (Lipinski definition) is 3. The largest absolute Gasteiger partial charge is 0.481 e. The summed E-state index contributed by atoms with van der Waals surface area (Å²) < 4.78 is 5.69. The van der Waals surface area contributed by atoms with Crippen LogP contribution in [0, 0.1) is 56.7 Å². The van der Waals surface area contributed by atoms with E-state index in [0.29, 0.717) is 23.7 Å². The SMILES string of the molecule is CC(=O)O[C@@H]1CC[C@@]2(C)[C@@H](CC[C@]3(C)[C@@H]2CC=C2[C@@H]4[C@@H](C)[C@H](C)CC[C@]4(C)CC[C@]23C)[C@@]1(C)C(=O)O. The molecule has 1 N–H and O–H groups in total. The van der Waals surface area contributed by atoms with Crippen LogP contribution in [-0.4, -0.2) is 23.1 Å². The Morgan fingerprint density at radius 3 is 2.25 bits per heavy atom. The zero-order valence-corrected chi connectivity index (χ0v) is 24.1. The lowest BCUT2D eigenvalue weighted by atomic mass is 9.33. The van der Waals surface area contributed by atoms with Crippen molar-refractivity contribution in [1.82, 2.24) is 0 Å². The molecule has 0 aromatic carbocycles. The molecule has 0 spiro atoms. The molecule has 0 aromatic heterocycles. The standard InChI is InChI=1S/C32H50O4/c1-19-11-14-28(4)17-18-30(6)22(26(28)20(19)2)9-10-23-29(5)15-13-25(36-21(3)33)32(8,27(34)35)24(29)12-16-31(23,30)7/h9,19-20,23-26H,10-18H2,1-8H3,(H,34,35)/t19-,20+,23-,24-,25-,26+,28-,29-,30-,31-,32-/m1/s1. The predicted octanol–water partition coefficient (Wildman–Crippen LogP) is 7.66. The highest BCUT2D eigenvalue weighted by Crippen LogP contribution is 2.75. The highest BCUT2D eigenvalue weighted by molar-refractivity contribution is 5.77. The molecule has 4 fully saturated rings. The molecule has 0 amide bonds. The molecule has 4 saturated carbocycles. The summed E-state index contributed by atoms with van der Waals surface area (Å²) in [7, 11) is 0. The van der Waals surface area contributed by atoms with Crippen LogP contribution >= 0.6 is 0 Å². The zero-order valence-electron chi connectivity index (χ0n) is 24.1. The van der Waals surface area contributed by atoms with E-state index in [4.69, 9.17) is 4.74 Å². The Labute approximate surface area is 219 Å². The van der Waals surface area contributed by atoms with Crippen LogP contribution in [0.1, 0.15) is 113 Å². The molecule has 0 heterocycles. The van der Waals surface area contributed by atoms with Gasteiger partial charge in [-0.3, -0.25) is 9.59 Å². The minimum Gasteiger partial charge on any atom is -0.481 e. The van der Waals surface area contributed by atoms with Crippen molar-refractivity contribution in [2.24, 2.45) is 56.7 Å². The van der Waals surface area contributed by atoms with Crippen molar-refractivity contribution in [3.63, 3.8) is 0 Å². The third-order valence-electron chi connectivity index (χ3n) is 13.8. The Morgan fingerprint density at radius 1 is 0.917 bits per heavy atom. The fourth-order valence-electron chi connectivity index (χ4n) is 11.2. The Balaban J connectivity index is 1.57. The molecule has 0 saturated heterocycles. The summed E-state index contributed by atoms with van der Waals surface area (Å²) in [5.41, 5.74) is 1.40. The molecule has 36 heavy (non-hydrogen) atoms. The van der Waals surface area contributed by atoms with Crippen LogP contribution in [0.2, 0.25) is 0 Å². The average molecular weight is 499 g/mol. The number of hydrogen-bond donors (Lipinski definition) is 1. The first-order valence-corrected chi connectivity index (χ1v) is 14.8. The molecule has 0 aromatic rings. The van der Waals surface area contributed by atoms with E-state index in [9.17, 15) is 14.7 Å². The van der Waals surface area contributed by atoms with E-state index in [2.05, 4.69) is 47.6 Å². The summed E-state index contributed by atoms with van der Waals surface area (Å²) in [6.45, 7) is 18.4. The smallest absolute Gasteiger partial charge is 0.313 e. The second-order valence-corrected chi connectivity index (χ2v) is 15.0. The first-order valence-electron chi connectivity index (χ1n) is 14.8. The van der Waals surface area contributed by atoms with Crippen molar-refractivity contribution in [3.05, 3.63) is 11.6 Å². The van der Waals surface area contributed by atoms with Gasteiger partial charge in [-0.2, -0.15) is 0 Å². The summed E-state index contributed by atoms with van der Waals surface area (Å²) >= 11 is 0. The molecule has 0 unspecified atom stereocenters. The number of carboxylic acid groups (broad SMARTS) is 1. The molecule has 11 atom stereocenters. The van der Waals surface area contributed by atoms with Crippen LogP contribution in [-0.2, 0) is 14.3 Å². The summed E-state index contributed by atoms with van der Waals surface area (Å²) in [5.74, 6) is 1.47. The van der Waals surface area contributed by atoms with Gasteiger partial charge in [0.2, 0.25) is 0 Å². The number of carboxylic acids is 1. The molecular formula is C32H50O4. The maximum Gasteiger partial charge on any atom is 0.313 e. The van der Waals surface area contributed by atoms with E-state index < -0.39 is 17.5 Å². The molecule has 5 aliphatic carbocycles. The molecule has 5 rings (SSSR count). The van der Waals surface area contributed by atoms with Crippen LogP contribution < -0.4 is 0 Å². The van der Waals surface area contributed by atoms with Crippen molar-refractivity contribution in [2.75, 3.05) is 0 Å². The second kappa shape index (κ2) is 8.09. The quantitative estimate of drug-likeness (QED) is 0.313. The van der Waals surface area contributed by atoms with Crippen LogP contribution in [0.4, 0.5) is 0 Å². The van der Waals surface area contributed by atoms with E-state index >= 15 is 0 Å². The minimum atomic E-state index is -1.04. The van der Waals surface area contributed by atoms with Gasteiger partial charge >= 0.3 is 11.9 Å². The van der Waals surface area contributed by atoms with E-state index in [1.807, 2.05) is 6.92 Å². The molecule has 5 aliphatic rings. The van der Waals surface area contributed by atoms with Gasteiger partial charge in [-0.15, -0.1) is 0 Å². The van der Waals surface area contributed by atoms with E-state index in [-0.39, 0.29) is 28.1 Å². The topological polar surface area (TPSA) is 63.6 Å². The Bertz CT molecular complexity index is 985. The Kier molecular flexibility index (Phi) is 5.91. The van der Waals surface area contributed by atoms with Crippen LogP contribution in [0.15, 0.2) is 11.6 Å². The normalized spacial score (nSPS) is 54.2. The van der Waals surface area contributed by atoms with Crippen molar-refractivity contribution < 1.29 is 19.4 Å². The number of esters is 1. The minimum absolute atomic E-state index is 0.0136. The van der Waals surface area contributed by atoms with Gasteiger partial charge in [-0.05, 0) is 116 Å². The van der Waals surface area contributed by atoms with Gasteiger partial charge in [0.25, 0.3) is 0 Å². The first-order chi connectivity index (χ1) is 16.6. The molecule has 202 valence electrons. The highest BCUT2D eigenvalue weighted by Gasteiger charge is 2.70. The van der Waals surface area contributed by atoms with Gasteiger partial charge in [0, 0.05) is 6.92 Å². The van der Waals surface area contributed by atoms with Gasteiger partial charge in [0.15, 0.2) is 0 Å². The molecule has 4 nitrogen and oxygen atoms in total. The lowest BCUT2D eigenvalue weighted by Crippen LogP contribution is -2.66. The molecular weight excluding hydrogens is 448 g/mol. The fourth-order valence-corrected chi connectivity index (χ4v) is 11.2. The van der Waals surface area contributed by atoms with Crippen LogP contribution in [0.25, 0.3) is 0 Å². The molecule has 4 heteroatoms. The summed E-state index contributed by atoms with van der Waals surface area (Å²) in [6.07, 6.45) is 12.0. The number of carbonyl (C=O) groups is 2. The fraction of sp³-hybridized carbons (Fsp3) is 0.875. The van der Waals surface area contributed by atoms with Crippen LogP contribution in [0.3, 0.4) is 0 Å². The van der Waals surface area contributed by atoms with Crippen molar-refractivity contribution in [2.45, 2.75) is 119 Å². The number of fused-ring (bicyclic) bond motifs is 7. The third kappa shape index (κ3) is 3.17. The first kappa shape index (κ1) is 26.3. The van der Waals surface area contributed by atoms with E-state index in [0.717, 1.165) is 37.5 Å². The number of carbonyl (C=O) groups excluding carboxylic acids is 1. The molecule has 0 aliphatic heterocycles. The van der Waals surface area contributed by atoms with Crippen molar-refractivity contribution in [3.8, 4) is 0 Å².